The van der Waals surface area contributed by atoms with Crippen LogP contribution in [0.1, 0.15) is 33.3 Å². The summed E-state index contributed by atoms with van der Waals surface area (Å²) < 4.78 is 10.4. The second kappa shape index (κ2) is 6.14. The molecule has 0 saturated carbocycles. The molecule has 0 aromatic heterocycles. The zero-order valence-electron chi connectivity index (χ0n) is 13.9. The molecule has 1 heterocycles. The molecule has 1 aliphatic heterocycles. The van der Waals surface area contributed by atoms with Crippen molar-refractivity contribution in [2.75, 3.05) is 0 Å². The topological polar surface area (TPSA) is 119 Å². The van der Waals surface area contributed by atoms with E-state index in [4.69, 9.17) is 9.47 Å². The lowest BCUT2D eigenvalue weighted by atomic mass is 9.85. The van der Waals surface area contributed by atoms with Crippen LogP contribution in [0.15, 0.2) is 22.2 Å². The molecule has 0 atom stereocenters. The van der Waals surface area contributed by atoms with Crippen molar-refractivity contribution in [2.24, 2.45) is 5.41 Å². The van der Waals surface area contributed by atoms with E-state index in [1.807, 2.05) is 0 Å². The van der Waals surface area contributed by atoms with Gasteiger partial charge in [0.2, 0.25) is 0 Å². The molecule has 1 aromatic carbocycles. The van der Waals surface area contributed by atoms with Crippen LogP contribution in [0.25, 0.3) is 6.08 Å². The van der Waals surface area contributed by atoms with Gasteiger partial charge in [-0.1, -0.05) is 42.5 Å². The molecule has 2 rings (SSSR count). The number of rotatable bonds is 2. The molecule has 1 fully saturated rings. The molecule has 1 aliphatic rings. The number of carbonyl (C=O) groups is 2. The number of benzene rings is 1. The number of hydrogen-bond acceptors (Lipinski definition) is 7. The number of nitro benzene ring substituents is 1. The minimum Gasteiger partial charge on any atom is -0.871 e. The highest BCUT2D eigenvalue weighted by Gasteiger charge is 2.50. The minimum atomic E-state index is -1.47. The lowest BCUT2D eigenvalue weighted by Crippen LogP contribution is -2.52. The van der Waals surface area contributed by atoms with E-state index in [0.29, 0.717) is 0 Å². The zero-order valence-corrected chi connectivity index (χ0v) is 15.5. The number of ether oxygens (including phenoxy) is 2. The number of cyclic esters (lactones) is 2. The van der Waals surface area contributed by atoms with Crippen molar-refractivity contribution >= 4 is 39.6 Å². The summed E-state index contributed by atoms with van der Waals surface area (Å²) in [6, 6.07) is 2.01. The van der Waals surface area contributed by atoms with Gasteiger partial charge in [0.25, 0.3) is 11.5 Å². The highest BCUT2D eigenvalue weighted by atomic mass is 79.9. The highest BCUT2D eigenvalue weighted by Crippen LogP contribution is 2.39. The number of hydrogen-bond donors (Lipinski definition) is 0. The summed E-state index contributed by atoms with van der Waals surface area (Å²) in [5, 5.41) is 23.0. The van der Waals surface area contributed by atoms with Gasteiger partial charge in [0.15, 0.2) is 0 Å². The standard InChI is InChI=1S/C16H16BrNO7/c1-15(2,3)16(4)24-13(20)10(14(21)25-16)6-8-5-9(18(22)23)7-11(17)12(8)19/h5-7,19H,1-4H3/p-1. The maximum Gasteiger partial charge on any atom is 0.348 e. The molecule has 0 N–H and O–H groups in total. The van der Waals surface area contributed by atoms with Crippen LogP contribution < -0.4 is 5.11 Å². The number of nitrogens with zero attached hydrogens (tertiary/aromatic N) is 1. The number of halogens is 1. The van der Waals surface area contributed by atoms with Crippen molar-refractivity contribution in [3.05, 3.63) is 37.9 Å². The number of esters is 2. The third-order valence-corrected chi connectivity index (χ3v) is 4.53. The van der Waals surface area contributed by atoms with Gasteiger partial charge in [-0.15, -0.1) is 0 Å². The van der Waals surface area contributed by atoms with E-state index in [0.717, 1.165) is 18.2 Å². The predicted octanol–water partition coefficient (Wildman–Crippen LogP) is 2.68. The third kappa shape index (κ3) is 3.51. The van der Waals surface area contributed by atoms with Crippen molar-refractivity contribution in [3.8, 4) is 5.75 Å². The van der Waals surface area contributed by atoms with E-state index in [1.54, 1.807) is 20.8 Å². The van der Waals surface area contributed by atoms with E-state index in [-0.39, 0.29) is 15.7 Å². The van der Waals surface area contributed by atoms with Crippen LogP contribution in [0.4, 0.5) is 5.69 Å². The molecule has 0 amide bonds. The molecule has 1 aromatic rings. The van der Waals surface area contributed by atoms with Crippen LogP contribution in [-0.2, 0) is 19.1 Å². The smallest absolute Gasteiger partial charge is 0.348 e. The molecule has 0 radical (unpaired) electrons. The first-order valence-corrected chi connectivity index (χ1v) is 7.98. The molecular weight excluding hydrogens is 398 g/mol. The van der Waals surface area contributed by atoms with Crippen molar-refractivity contribution in [1.82, 2.24) is 0 Å². The highest BCUT2D eigenvalue weighted by molar-refractivity contribution is 9.10. The maximum atomic E-state index is 12.2. The van der Waals surface area contributed by atoms with Gasteiger partial charge in [-0.25, -0.2) is 9.59 Å². The molecule has 0 unspecified atom stereocenters. The Bertz CT molecular complexity index is 787. The third-order valence-electron chi connectivity index (χ3n) is 3.94. The molecule has 134 valence electrons. The Labute approximate surface area is 151 Å². The number of carbonyl (C=O) groups excluding carboxylic acids is 2. The lowest BCUT2D eigenvalue weighted by Gasteiger charge is -2.42. The zero-order chi connectivity index (χ0) is 19.2. The summed E-state index contributed by atoms with van der Waals surface area (Å²) >= 11 is 2.93. The van der Waals surface area contributed by atoms with Gasteiger partial charge in [0, 0.05) is 28.9 Å². The Hall–Kier alpha value is -2.42. The van der Waals surface area contributed by atoms with Gasteiger partial charge < -0.3 is 14.6 Å². The van der Waals surface area contributed by atoms with Crippen LogP contribution in [0.5, 0.6) is 5.75 Å². The van der Waals surface area contributed by atoms with Crippen LogP contribution >= 0.6 is 15.9 Å². The largest absolute Gasteiger partial charge is 0.871 e. The van der Waals surface area contributed by atoms with E-state index in [9.17, 15) is 24.8 Å². The Morgan fingerprint density at radius 2 is 1.72 bits per heavy atom. The lowest BCUT2D eigenvalue weighted by molar-refractivity contribution is -0.385. The molecular formula is C16H15BrNO7-. The van der Waals surface area contributed by atoms with Gasteiger partial charge in [-0.3, -0.25) is 10.1 Å². The van der Waals surface area contributed by atoms with Crippen LogP contribution in [-0.4, -0.2) is 22.6 Å². The summed E-state index contributed by atoms with van der Waals surface area (Å²) in [6.45, 7) is 6.66. The quantitative estimate of drug-likeness (QED) is 0.240. The van der Waals surface area contributed by atoms with Crippen LogP contribution in [0.3, 0.4) is 0 Å². The maximum absolute atomic E-state index is 12.2. The monoisotopic (exact) mass is 412 g/mol. The summed E-state index contributed by atoms with van der Waals surface area (Å²) in [7, 11) is 0. The first kappa shape index (κ1) is 18.9. The van der Waals surface area contributed by atoms with Gasteiger partial charge in [-0.05, 0) is 11.6 Å². The Balaban J connectivity index is 2.49. The Kier molecular flexibility index (Phi) is 4.65. The van der Waals surface area contributed by atoms with Gasteiger partial charge >= 0.3 is 11.9 Å². The van der Waals surface area contributed by atoms with Crippen molar-refractivity contribution in [2.45, 2.75) is 33.5 Å². The normalized spacial score (nSPS) is 20.8. The van der Waals surface area contributed by atoms with E-state index >= 15 is 0 Å². The second-order valence-corrected chi connectivity index (χ2v) is 7.49. The summed E-state index contributed by atoms with van der Waals surface area (Å²) in [5.41, 5.74) is -1.76. The summed E-state index contributed by atoms with van der Waals surface area (Å²) in [6.07, 6.45) is 0.937. The molecule has 1 saturated heterocycles. The SMILES string of the molecule is CC(C)(C)C1(C)OC(=O)C(=Cc2cc([N+](=O)[O-])cc(Br)c2[O-])C(=O)O1. The molecule has 9 heteroatoms. The molecule has 0 spiro atoms. The predicted molar refractivity (Wildman–Crippen MR) is 88.3 cm³/mol. The van der Waals surface area contributed by atoms with Crippen molar-refractivity contribution in [1.29, 1.82) is 0 Å². The molecule has 0 bridgehead atoms. The summed E-state index contributed by atoms with van der Waals surface area (Å²) in [5.74, 6) is -4.00. The van der Waals surface area contributed by atoms with Gasteiger partial charge in [0.05, 0.1) is 4.92 Å². The fraction of sp³-hybridized carbons (Fsp3) is 0.375. The number of nitro groups is 1. The van der Waals surface area contributed by atoms with E-state index in [2.05, 4.69) is 15.9 Å². The first-order valence-electron chi connectivity index (χ1n) is 7.19. The van der Waals surface area contributed by atoms with Gasteiger partial charge in [-0.2, -0.15) is 0 Å². The van der Waals surface area contributed by atoms with Crippen LogP contribution in [0, 0.1) is 15.5 Å². The first-order chi connectivity index (χ1) is 11.4. The average Bonchev–Trinajstić information content (AvgIpc) is 2.45. The fourth-order valence-corrected chi connectivity index (χ4v) is 2.42. The molecule has 0 aliphatic carbocycles. The Morgan fingerprint density at radius 3 is 2.16 bits per heavy atom. The van der Waals surface area contributed by atoms with E-state index in [1.165, 1.54) is 6.92 Å². The molecule has 25 heavy (non-hydrogen) atoms. The summed E-state index contributed by atoms with van der Waals surface area (Å²) in [4.78, 5) is 34.7. The minimum absolute atomic E-state index is 0.0642. The van der Waals surface area contributed by atoms with Crippen LogP contribution in [0.2, 0.25) is 0 Å². The fourth-order valence-electron chi connectivity index (χ4n) is 1.96. The second-order valence-electron chi connectivity index (χ2n) is 6.64. The van der Waals surface area contributed by atoms with Gasteiger partial charge in [0.1, 0.15) is 5.57 Å². The van der Waals surface area contributed by atoms with Crippen molar-refractivity contribution < 1.29 is 29.1 Å². The number of non-ortho nitro benzene ring substituents is 1. The Morgan fingerprint density at radius 1 is 1.20 bits per heavy atom. The van der Waals surface area contributed by atoms with E-state index < -0.39 is 39.4 Å². The molecule has 8 nitrogen and oxygen atoms in total. The average molecular weight is 413 g/mol. The van der Waals surface area contributed by atoms with Crippen molar-refractivity contribution in [3.63, 3.8) is 0 Å².